The third kappa shape index (κ3) is 2.20. The quantitative estimate of drug-likeness (QED) is 0.810. The summed E-state index contributed by atoms with van der Waals surface area (Å²) in [5.41, 5.74) is 2.24. The van der Waals surface area contributed by atoms with E-state index in [2.05, 4.69) is 17.1 Å². The van der Waals surface area contributed by atoms with E-state index in [-0.39, 0.29) is 11.6 Å². The van der Waals surface area contributed by atoms with E-state index in [1.54, 1.807) is 14.0 Å². The smallest absolute Gasteiger partial charge is 0.359 e. The van der Waals surface area contributed by atoms with Crippen molar-refractivity contribution in [2.24, 2.45) is 0 Å². The number of hydrogen-bond acceptors (Lipinski definition) is 4. The summed E-state index contributed by atoms with van der Waals surface area (Å²) in [6.07, 6.45) is 2.44. The molecule has 1 aliphatic carbocycles. The fourth-order valence-corrected chi connectivity index (χ4v) is 2.21. The van der Waals surface area contributed by atoms with Gasteiger partial charge < -0.3 is 9.47 Å². The lowest BCUT2D eigenvalue weighted by atomic mass is 9.84. The van der Waals surface area contributed by atoms with E-state index in [9.17, 15) is 4.79 Å². The maximum Gasteiger partial charge on any atom is 0.359 e. The summed E-state index contributed by atoms with van der Waals surface area (Å²) < 4.78 is 10.5. The molecule has 17 heavy (non-hydrogen) atoms. The van der Waals surface area contributed by atoms with Crippen molar-refractivity contribution >= 4 is 5.97 Å². The number of carbonyl (C=O) groups is 1. The molecule has 1 aliphatic rings. The molecule has 5 nitrogen and oxygen atoms in total. The van der Waals surface area contributed by atoms with Crippen molar-refractivity contribution in [3.05, 3.63) is 17.0 Å². The molecule has 5 heteroatoms. The number of methoxy groups -OCH3 is 1. The van der Waals surface area contributed by atoms with Crippen molar-refractivity contribution in [3.8, 4) is 0 Å². The van der Waals surface area contributed by atoms with Gasteiger partial charge in [-0.2, -0.15) is 5.10 Å². The van der Waals surface area contributed by atoms with Crippen molar-refractivity contribution in [2.45, 2.75) is 38.7 Å². The average molecular weight is 238 g/mol. The van der Waals surface area contributed by atoms with Crippen molar-refractivity contribution in [1.29, 1.82) is 0 Å². The molecule has 0 amide bonds. The van der Waals surface area contributed by atoms with Crippen LogP contribution in [0, 0.1) is 0 Å². The van der Waals surface area contributed by atoms with E-state index in [0.29, 0.717) is 12.3 Å². The van der Waals surface area contributed by atoms with Gasteiger partial charge in [0.1, 0.15) is 0 Å². The van der Waals surface area contributed by atoms with E-state index < -0.39 is 0 Å². The largest absolute Gasteiger partial charge is 0.461 e. The minimum atomic E-state index is -0.342. The molecule has 1 aromatic rings. The molecule has 1 unspecified atom stereocenters. The number of hydrogen-bond donors (Lipinski definition) is 1. The topological polar surface area (TPSA) is 64.2 Å². The molecular weight excluding hydrogens is 220 g/mol. The molecule has 0 saturated heterocycles. The molecule has 0 spiro atoms. The number of ether oxygens (including phenoxy) is 2. The highest BCUT2D eigenvalue weighted by Crippen LogP contribution is 2.31. The van der Waals surface area contributed by atoms with Gasteiger partial charge in [-0.15, -0.1) is 0 Å². The molecule has 2 rings (SSSR count). The van der Waals surface area contributed by atoms with Gasteiger partial charge in [0.15, 0.2) is 5.69 Å². The molecule has 0 aliphatic heterocycles. The van der Waals surface area contributed by atoms with Gasteiger partial charge in [0.2, 0.25) is 0 Å². The maximum atomic E-state index is 11.7. The monoisotopic (exact) mass is 238 g/mol. The molecule has 1 N–H and O–H groups in total. The van der Waals surface area contributed by atoms with Gasteiger partial charge in [-0.25, -0.2) is 4.79 Å². The zero-order chi connectivity index (χ0) is 12.5. The van der Waals surface area contributed by atoms with Crippen LogP contribution in [0.2, 0.25) is 0 Å². The van der Waals surface area contributed by atoms with Gasteiger partial charge in [-0.1, -0.05) is 0 Å². The van der Waals surface area contributed by atoms with Gasteiger partial charge in [0.25, 0.3) is 0 Å². The van der Waals surface area contributed by atoms with Crippen LogP contribution in [0.1, 0.15) is 42.0 Å². The van der Waals surface area contributed by atoms with Gasteiger partial charge >= 0.3 is 5.97 Å². The highest BCUT2D eigenvalue weighted by molar-refractivity contribution is 5.89. The Morgan fingerprint density at radius 2 is 2.35 bits per heavy atom. The minimum absolute atomic E-state index is 0.161. The van der Waals surface area contributed by atoms with Crippen molar-refractivity contribution in [3.63, 3.8) is 0 Å². The van der Waals surface area contributed by atoms with E-state index in [1.807, 2.05) is 0 Å². The van der Waals surface area contributed by atoms with Crippen LogP contribution in [0.15, 0.2) is 0 Å². The maximum absolute atomic E-state index is 11.7. The van der Waals surface area contributed by atoms with Crippen molar-refractivity contribution in [1.82, 2.24) is 10.2 Å². The molecule has 0 bridgehead atoms. The third-order valence-corrected chi connectivity index (χ3v) is 3.37. The number of aromatic nitrogens is 2. The van der Waals surface area contributed by atoms with Crippen LogP contribution in [-0.4, -0.2) is 35.5 Å². The van der Waals surface area contributed by atoms with E-state index in [1.165, 1.54) is 0 Å². The van der Waals surface area contributed by atoms with Crippen LogP contribution in [-0.2, 0) is 22.3 Å². The summed E-state index contributed by atoms with van der Waals surface area (Å²) in [4.78, 5) is 11.7. The van der Waals surface area contributed by atoms with Gasteiger partial charge in [-0.05, 0) is 26.7 Å². The van der Waals surface area contributed by atoms with Gasteiger partial charge in [-0.3, -0.25) is 5.10 Å². The fraction of sp³-hybridized carbons (Fsp3) is 0.667. The van der Waals surface area contributed by atoms with E-state index in [0.717, 1.165) is 30.5 Å². The standard InChI is InChI=1S/C12H18N2O3/c1-4-17-11(15)10-8-5-6-12(2,16-3)7-9(8)13-14-10/h4-7H2,1-3H3,(H,13,14). The summed E-state index contributed by atoms with van der Waals surface area (Å²) in [5.74, 6) is -0.342. The second-order valence-corrected chi connectivity index (χ2v) is 4.58. The summed E-state index contributed by atoms with van der Waals surface area (Å²) in [7, 11) is 1.72. The van der Waals surface area contributed by atoms with Crippen LogP contribution < -0.4 is 0 Å². The Hall–Kier alpha value is -1.36. The average Bonchev–Trinajstić information content (AvgIpc) is 2.72. The predicted molar refractivity (Wildman–Crippen MR) is 62.0 cm³/mol. The van der Waals surface area contributed by atoms with Crippen LogP contribution >= 0.6 is 0 Å². The summed E-state index contributed by atoms with van der Waals surface area (Å²) in [5, 5.41) is 6.99. The van der Waals surface area contributed by atoms with Crippen LogP contribution in [0.3, 0.4) is 0 Å². The number of rotatable bonds is 3. The first kappa shape index (κ1) is 12.1. The van der Waals surface area contributed by atoms with E-state index in [4.69, 9.17) is 9.47 Å². The summed E-state index contributed by atoms with van der Waals surface area (Å²) >= 11 is 0. The normalized spacial score (nSPS) is 23.2. The molecule has 94 valence electrons. The van der Waals surface area contributed by atoms with Crippen LogP contribution in [0.4, 0.5) is 0 Å². The Morgan fingerprint density at radius 3 is 3.00 bits per heavy atom. The van der Waals surface area contributed by atoms with Crippen molar-refractivity contribution in [2.75, 3.05) is 13.7 Å². The molecule has 0 saturated carbocycles. The fourth-order valence-electron chi connectivity index (χ4n) is 2.21. The number of carbonyl (C=O) groups excluding carboxylic acids is 1. The van der Waals surface area contributed by atoms with E-state index >= 15 is 0 Å². The lowest BCUT2D eigenvalue weighted by molar-refractivity contribution is -0.00587. The molecule has 1 aromatic heterocycles. The SMILES string of the molecule is CCOC(=O)c1n[nH]c2c1CCC(C)(OC)C2. The lowest BCUT2D eigenvalue weighted by Crippen LogP contribution is -2.34. The van der Waals surface area contributed by atoms with Gasteiger partial charge in [0.05, 0.1) is 12.2 Å². The molecule has 0 aromatic carbocycles. The number of H-pyrrole nitrogens is 1. The number of fused-ring (bicyclic) bond motifs is 1. The lowest BCUT2D eigenvalue weighted by Gasteiger charge is -2.31. The first-order chi connectivity index (χ1) is 8.09. The van der Waals surface area contributed by atoms with Crippen molar-refractivity contribution < 1.29 is 14.3 Å². The number of esters is 1. The van der Waals surface area contributed by atoms with Crippen LogP contribution in [0.5, 0.6) is 0 Å². The first-order valence-corrected chi connectivity index (χ1v) is 5.88. The Morgan fingerprint density at radius 1 is 1.59 bits per heavy atom. The predicted octanol–water partition coefficient (Wildman–Crippen LogP) is 1.48. The zero-order valence-corrected chi connectivity index (χ0v) is 10.5. The summed E-state index contributed by atoms with van der Waals surface area (Å²) in [6, 6.07) is 0. The highest BCUT2D eigenvalue weighted by Gasteiger charge is 2.34. The highest BCUT2D eigenvalue weighted by atomic mass is 16.5. The molecule has 0 radical (unpaired) electrons. The van der Waals surface area contributed by atoms with Crippen LogP contribution in [0.25, 0.3) is 0 Å². The molecule has 0 fully saturated rings. The molecular formula is C12H18N2O3. The van der Waals surface area contributed by atoms with Gasteiger partial charge in [0, 0.05) is 24.8 Å². The minimum Gasteiger partial charge on any atom is -0.461 e. The Balaban J connectivity index is 2.24. The Kier molecular flexibility index (Phi) is 3.19. The Labute approximate surface area is 100 Å². The number of nitrogens with zero attached hydrogens (tertiary/aromatic N) is 1. The second kappa shape index (κ2) is 4.49. The first-order valence-electron chi connectivity index (χ1n) is 5.88. The number of nitrogens with one attached hydrogen (secondary N) is 1. The third-order valence-electron chi connectivity index (χ3n) is 3.37. The molecule has 1 atom stereocenters. The Bertz CT molecular complexity index is 427. The number of aromatic amines is 1. The zero-order valence-electron chi connectivity index (χ0n) is 10.5. The summed E-state index contributed by atoms with van der Waals surface area (Å²) in [6.45, 7) is 4.23. The molecule has 1 heterocycles. The second-order valence-electron chi connectivity index (χ2n) is 4.58.